The van der Waals surface area contributed by atoms with E-state index >= 15 is 0 Å². The standard InChI is InChI=1S/C33H40N8O6/c1-32(2,3)47-29(43)24(18-34)17-33(4)11-9-25(10-12-33)41(13-15-42)14-16-45-31(44)36-19-22-5-7-23(8-6-22)20-46-28-26-27(38-21-37-26)39-30(35)40-28/h5-11,17,21,42H,12-16,19-20H2,1-4H3,(H,36,44)(H3,35,37,38,39,40)/b24-17+. The van der Waals surface area contributed by atoms with E-state index in [-0.39, 0.29) is 37.9 Å². The van der Waals surface area contributed by atoms with Gasteiger partial charge >= 0.3 is 12.1 Å². The number of aromatic nitrogens is 4. The number of aliphatic hydroxyl groups excluding tert-OH is 1. The predicted octanol–water partition coefficient (Wildman–Crippen LogP) is 3.68. The Kier molecular flexibility index (Phi) is 11.2. The fourth-order valence-corrected chi connectivity index (χ4v) is 4.67. The van der Waals surface area contributed by atoms with Gasteiger partial charge < -0.3 is 40.3 Å². The van der Waals surface area contributed by atoms with Crippen LogP contribution >= 0.6 is 0 Å². The maximum Gasteiger partial charge on any atom is 0.407 e. The number of nitrogen functional groups attached to an aromatic ring is 1. The van der Waals surface area contributed by atoms with E-state index in [1.165, 1.54) is 6.33 Å². The van der Waals surface area contributed by atoms with E-state index in [9.17, 15) is 20.0 Å². The SMILES string of the molecule is CC1(/C=C(\C#N)C(=O)OC(C)(C)C)C=CC(N(CCO)CCOC(=O)NCc2ccc(COc3nc(N)nc4nc[nH]c34)cc2)=CC1. The Morgan fingerprint density at radius 3 is 2.62 bits per heavy atom. The number of carbonyl (C=O) groups excluding carboxylic acids is 2. The fourth-order valence-electron chi connectivity index (χ4n) is 4.67. The number of aromatic amines is 1. The lowest BCUT2D eigenvalue weighted by molar-refractivity contribution is -0.149. The van der Waals surface area contributed by atoms with Crippen LogP contribution in [0.5, 0.6) is 5.88 Å². The summed E-state index contributed by atoms with van der Waals surface area (Å²) in [5.41, 5.74) is 7.98. The minimum absolute atomic E-state index is 0.0543. The predicted molar refractivity (Wildman–Crippen MR) is 173 cm³/mol. The number of nitrogens with one attached hydrogen (secondary N) is 2. The first-order valence-electron chi connectivity index (χ1n) is 15.1. The van der Waals surface area contributed by atoms with Crippen LogP contribution < -0.4 is 15.8 Å². The summed E-state index contributed by atoms with van der Waals surface area (Å²) in [5.74, 6) is -0.278. The van der Waals surface area contributed by atoms with Crippen LogP contribution in [0.2, 0.25) is 0 Å². The number of rotatable bonds is 13. The zero-order chi connectivity index (χ0) is 34.0. The summed E-state index contributed by atoms with van der Waals surface area (Å²) in [4.78, 5) is 41.9. The van der Waals surface area contributed by atoms with Crippen molar-refractivity contribution in [1.82, 2.24) is 30.2 Å². The van der Waals surface area contributed by atoms with E-state index in [0.29, 0.717) is 36.6 Å². The summed E-state index contributed by atoms with van der Waals surface area (Å²) >= 11 is 0. The van der Waals surface area contributed by atoms with Crippen LogP contribution in [0.25, 0.3) is 11.2 Å². The number of nitrogens with zero attached hydrogens (tertiary/aromatic N) is 5. The number of esters is 1. The van der Waals surface area contributed by atoms with Crippen LogP contribution in [-0.2, 0) is 27.4 Å². The third kappa shape index (κ3) is 10.0. The van der Waals surface area contributed by atoms with Gasteiger partial charge in [-0.2, -0.15) is 15.2 Å². The second-order valence-corrected chi connectivity index (χ2v) is 12.1. The molecule has 0 bridgehead atoms. The Labute approximate surface area is 272 Å². The normalized spacial score (nSPS) is 16.3. The number of allylic oxidation sites excluding steroid dienone is 4. The summed E-state index contributed by atoms with van der Waals surface area (Å²) in [5, 5.41) is 21.9. The van der Waals surface area contributed by atoms with Gasteiger partial charge in [-0.1, -0.05) is 43.3 Å². The molecule has 5 N–H and O–H groups in total. The molecular formula is C33H40N8O6. The van der Waals surface area contributed by atoms with E-state index in [1.54, 1.807) is 26.8 Å². The summed E-state index contributed by atoms with van der Waals surface area (Å²) < 4.78 is 16.5. The van der Waals surface area contributed by atoms with Gasteiger partial charge in [-0.05, 0) is 50.5 Å². The van der Waals surface area contributed by atoms with Crippen LogP contribution in [0, 0.1) is 16.7 Å². The quantitative estimate of drug-likeness (QED) is 0.120. The molecule has 1 aliphatic carbocycles. The molecule has 0 radical (unpaired) electrons. The number of hydrogen-bond acceptors (Lipinski definition) is 12. The molecule has 3 aromatic rings. The van der Waals surface area contributed by atoms with Crippen molar-refractivity contribution >= 4 is 29.2 Å². The van der Waals surface area contributed by atoms with Crippen LogP contribution in [0.1, 0.15) is 45.2 Å². The second kappa shape index (κ2) is 15.2. The lowest BCUT2D eigenvalue weighted by Gasteiger charge is -2.31. The number of fused-ring (bicyclic) bond motifs is 1. The molecule has 2 aromatic heterocycles. The first kappa shape index (κ1) is 34.5. The molecule has 1 aliphatic rings. The molecule has 1 unspecified atom stereocenters. The van der Waals surface area contributed by atoms with Gasteiger partial charge in [-0.25, -0.2) is 14.6 Å². The number of nitriles is 1. The monoisotopic (exact) mass is 644 g/mol. The molecule has 14 heteroatoms. The van der Waals surface area contributed by atoms with E-state index in [2.05, 4.69) is 25.3 Å². The zero-order valence-corrected chi connectivity index (χ0v) is 26.9. The smallest absolute Gasteiger partial charge is 0.407 e. The number of ether oxygens (including phenoxy) is 3. The highest BCUT2D eigenvalue weighted by Crippen LogP contribution is 2.33. The van der Waals surface area contributed by atoms with Gasteiger partial charge in [0.15, 0.2) is 5.65 Å². The molecule has 0 aliphatic heterocycles. The molecule has 0 saturated heterocycles. The average Bonchev–Trinajstić information content (AvgIpc) is 3.50. The number of H-pyrrole nitrogens is 1. The molecule has 1 amide bonds. The van der Waals surface area contributed by atoms with Crippen molar-refractivity contribution in [3.63, 3.8) is 0 Å². The summed E-state index contributed by atoms with van der Waals surface area (Å²) in [6.07, 6.45) is 8.80. The number of carbonyl (C=O) groups is 2. The molecule has 2 heterocycles. The molecule has 1 atom stereocenters. The van der Waals surface area contributed by atoms with E-state index < -0.39 is 23.1 Å². The number of nitrogens with two attached hydrogens (primary N) is 1. The van der Waals surface area contributed by atoms with Crippen molar-refractivity contribution in [2.24, 2.45) is 5.41 Å². The number of hydrogen-bond donors (Lipinski definition) is 4. The van der Waals surface area contributed by atoms with E-state index in [4.69, 9.17) is 19.9 Å². The third-order valence-corrected chi connectivity index (χ3v) is 7.03. The second-order valence-electron chi connectivity index (χ2n) is 12.1. The molecule has 1 aromatic carbocycles. The molecular weight excluding hydrogens is 604 g/mol. The van der Waals surface area contributed by atoms with Gasteiger partial charge in [-0.15, -0.1) is 0 Å². The first-order chi connectivity index (χ1) is 22.4. The third-order valence-electron chi connectivity index (χ3n) is 7.03. The highest BCUT2D eigenvalue weighted by atomic mass is 16.6. The molecule has 4 rings (SSSR count). The molecule has 0 fully saturated rings. The van der Waals surface area contributed by atoms with Crippen molar-refractivity contribution in [3.05, 3.63) is 77.3 Å². The number of aliphatic hydroxyl groups is 1. The van der Waals surface area contributed by atoms with Gasteiger partial charge in [0, 0.05) is 24.2 Å². The maximum absolute atomic E-state index is 12.4. The summed E-state index contributed by atoms with van der Waals surface area (Å²) in [6.45, 7) is 8.37. The summed E-state index contributed by atoms with van der Waals surface area (Å²) in [6, 6.07) is 9.47. The van der Waals surface area contributed by atoms with Gasteiger partial charge in [0.05, 0.1) is 19.5 Å². The molecule has 47 heavy (non-hydrogen) atoms. The van der Waals surface area contributed by atoms with Crippen LogP contribution in [0.4, 0.5) is 10.7 Å². The van der Waals surface area contributed by atoms with Gasteiger partial charge in [0.25, 0.3) is 0 Å². The van der Waals surface area contributed by atoms with Crippen LogP contribution in [0.15, 0.2) is 66.2 Å². The molecule has 0 saturated carbocycles. The zero-order valence-electron chi connectivity index (χ0n) is 26.9. The number of benzene rings is 1. The fraction of sp³-hybridized carbons (Fsp3) is 0.394. The van der Waals surface area contributed by atoms with Crippen LogP contribution in [-0.4, -0.2) is 73.9 Å². The highest BCUT2D eigenvalue weighted by Gasteiger charge is 2.27. The topological polar surface area (TPSA) is 202 Å². The minimum atomic E-state index is -0.708. The number of amides is 1. The van der Waals surface area contributed by atoms with Crippen molar-refractivity contribution in [1.29, 1.82) is 5.26 Å². The lowest BCUT2D eigenvalue weighted by Crippen LogP contribution is -2.33. The molecule has 0 spiro atoms. The van der Waals surface area contributed by atoms with Gasteiger partial charge in [0.1, 0.15) is 36.0 Å². The van der Waals surface area contributed by atoms with Crippen molar-refractivity contribution in [2.75, 3.05) is 32.0 Å². The highest BCUT2D eigenvalue weighted by molar-refractivity contribution is 5.93. The van der Waals surface area contributed by atoms with E-state index in [0.717, 1.165) is 16.8 Å². The van der Waals surface area contributed by atoms with Crippen molar-refractivity contribution < 1.29 is 28.9 Å². The number of alkyl carbamates (subject to hydrolysis) is 1. The largest absolute Gasteiger partial charge is 0.471 e. The average molecular weight is 645 g/mol. The number of anilines is 1. The first-order valence-corrected chi connectivity index (χ1v) is 15.1. The minimum Gasteiger partial charge on any atom is -0.471 e. The Bertz CT molecular complexity index is 1700. The van der Waals surface area contributed by atoms with Crippen LogP contribution in [0.3, 0.4) is 0 Å². The maximum atomic E-state index is 12.4. The van der Waals surface area contributed by atoms with Crippen molar-refractivity contribution in [3.8, 4) is 11.9 Å². The number of imidazole rings is 1. The van der Waals surface area contributed by atoms with Gasteiger partial charge in [0.2, 0.25) is 11.8 Å². The van der Waals surface area contributed by atoms with Crippen molar-refractivity contribution in [2.45, 2.75) is 52.9 Å². The Hall–Kier alpha value is -5.42. The van der Waals surface area contributed by atoms with E-state index in [1.807, 2.05) is 60.4 Å². The molecule has 14 nitrogen and oxygen atoms in total. The Morgan fingerprint density at radius 1 is 1.21 bits per heavy atom. The Morgan fingerprint density at radius 2 is 1.96 bits per heavy atom. The molecule has 248 valence electrons. The summed E-state index contributed by atoms with van der Waals surface area (Å²) in [7, 11) is 0. The lowest BCUT2D eigenvalue weighted by atomic mass is 9.81. The Balaban J connectivity index is 1.22. The van der Waals surface area contributed by atoms with Gasteiger partial charge in [-0.3, -0.25) is 0 Å².